The highest BCUT2D eigenvalue weighted by molar-refractivity contribution is 7.19. The first-order valence-corrected chi connectivity index (χ1v) is 8.35. The summed E-state index contributed by atoms with van der Waals surface area (Å²) in [5.74, 6) is 0.0399. The summed E-state index contributed by atoms with van der Waals surface area (Å²) in [6.07, 6.45) is 5.40. The van der Waals surface area contributed by atoms with Crippen LogP contribution >= 0.6 is 11.3 Å². The average molecular weight is 348 g/mol. The summed E-state index contributed by atoms with van der Waals surface area (Å²) >= 11 is 1.22. The van der Waals surface area contributed by atoms with E-state index in [0.29, 0.717) is 21.2 Å². The number of hydrogen-bond donors (Lipinski definition) is 1. The molecule has 0 bridgehead atoms. The van der Waals surface area contributed by atoms with Gasteiger partial charge < -0.3 is 10.1 Å². The van der Waals surface area contributed by atoms with Crippen LogP contribution in [-0.2, 0) is 4.74 Å². The maximum absolute atomic E-state index is 13.5. The maximum atomic E-state index is 13.5. The second-order valence-electron chi connectivity index (χ2n) is 5.68. The minimum atomic E-state index is -0.467. The fourth-order valence-corrected chi connectivity index (χ4v) is 3.16. The molecular formula is C16H17FN4O2S. The van der Waals surface area contributed by atoms with Crippen LogP contribution in [0.5, 0.6) is 0 Å². The molecule has 0 spiro atoms. The summed E-state index contributed by atoms with van der Waals surface area (Å²) in [7, 11) is 0. The summed E-state index contributed by atoms with van der Waals surface area (Å²) in [5, 5.41) is 3.59. The maximum Gasteiger partial charge on any atom is 0.188 e. The number of nitrogens with zero attached hydrogens (tertiary/aromatic N) is 3. The monoisotopic (exact) mass is 348 g/mol. The van der Waals surface area contributed by atoms with E-state index in [0.717, 1.165) is 0 Å². The molecule has 126 valence electrons. The van der Waals surface area contributed by atoms with Gasteiger partial charge in [-0.3, -0.25) is 4.79 Å². The molecular weight excluding hydrogens is 331 g/mol. The van der Waals surface area contributed by atoms with E-state index in [1.807, 2.05) is 13.8 Å². The van der Waals surface area contributed by atoms with Gasteiger partial charge in [-0.2, -0.15) is 0 Å². The highest BCUT2D eigenvalue weighted by atomic mass is 32.1. The van der Waals surface area contributed by atoms with Crippen molar-refractivity contribution in [3.63, 3.8) is 0 Å². The van der Waals surface area contributed by atoms with Crippen LogP contribution in [0.15, 0.2) is 30.4 Å². The quantitative estimate of drug-likeness (QED) is 0.836. The van der Waals surface area contributed by atoms with Crippen molar-refractivity contribution in [3.05, 3.63) is 35.4 Å². The summed E-state index contributed by atoms with van der Waals surface area (Å²) in [6.45, 7) is 5.25. The molecule has 24 heavy (non-hydrogen) atoms. The second-order valence-corrected chi connectivity index (χ2v) is 6.66. The highest BCUT2D eigenvalue weighted by Gasteiger charge is 2.25. The number of ketones is 1. The van der Waals surface area contributed by atoms with Crippen molar-refractivity contribution in [2.45, 2.75) is 39.0 Å². The fourth-order valence-electron chi connectivity index (χ4n) is 2.36. The number of allylic oxidation sites excluding steroid dienone is 2. The van der Waals surface area contributed by atoms with E-state index in [9.17, 15) is 9.18 Å². The number of fused-ring (bicyclic) bond motifs is 1. The van der Waals surface area contributed by atoms with Crippen LogP contribution in [0.4, 0.5) is 10.2 Å². The van der Waals surface area contributed by atoms with Gasteiger partial charge in [0.05, 0.1) is 12.1 Å². The number of thiazole rings is 1. The molecule has 2 heterocycles. The first-order valence-electron chi connectivity index (χ1n) is 7.54. The molecule has 2 atom stereocenters. The van der Waals surface area contributed by atoms with Crippen molar-refractivity contribution >= 4 is 33.3 Å². The molecule has 2 unspecified atom stereocenters. The number of carbonyl (C=O) groups excluding carboxylic acids is 1. The fraction of sp³-hybridized carbons (Fsp3) is 0.375. The van der Waals surface area contributed by atoms with Crippen molar-refractivity contribution < 1.29 is 13.9 Å². The number of carbonyl (C=O) groups is 1. The zero-order valence-corrected chi connectivity index (χ0v) is 14.3. The van der Waals surface area contributed by atoms with Gasteiger partial charge in [-0.15, -0.1) is 0 Å². The molecule has 2 aromatic heterocycles. The Morgan fingerprint density at radius 1 is 1.42 bits per heavy atom. The second kappa shape index (κ2) is 6.74. The Balaban J connectivity index is 1.91. The molecule has 0 amide bonds. The minimum Gasteiger partial charge on any atom is -0.369 e. The largest absolute Gasteiger partial charge is 0.369 e. The van der Waals surface area contributed by atoms with Gasteiger partial charge in [-0.25, -0.2) is 19.3 Å². The molecule has 3 rings (SSSR count). The molecule has 2 aromatic rings. The molecule has 8 heteroatoms. The average Bonchev–Trinajstić information content (AvgIpc) is 2.95. The predicted molar refractivity (Wildman–Crippen MR) is 91.0 cm³/mol. The Bertz CT molecular complexity index is 831. The molecule has 1 N–H and O–H groups in total. The van der Waals surface area contributed by atoms with Gasteiger partial charge in [-0.1, -0.05) is 17.4 Å². The van der Waals surface area contributed by atoms with Gasteiger partial charge in [0.25, 0.3) is 0 Å². The molecule has 0 radical (unpaired) electrons. The van der Waals surface area contributed by atoms with Gasteiger partial charge in [-0.05, 0) is 26.0 Å². The molecule has 0 aliphatic heterocycles. The zero-order valence-electron chi connectivity index (χ0n) is 13.5. The molecule has 0 saturated carbocycles. The molecule has 1 aliphatic carbocycles. The third-order valence-corrected chi connectivity index (χ3v) is 4.43. The van der Waals surface area contributed by atoms with Gasteiger partial charge in [0.1, 0.15) is 28.6 Å². The highest BCUT2D eigenvalue weighted by Crippen LogP contribution is 2.27. The summed E-state index contributed by atoms with van der Waals surface area (Å²) in [5.41, 5.74) is 0.527. The topological polar surface area (TPSA) is 77.0 Å². The first-order chi connectivity index (χ1) is 11.4. The van der Waals surface area contributed by atoms with E-state index in [1.165, 1.54) is 36.7 Å². The lowest BCUT2D eigenvalue weighted by Gasteiger charge is -2.27. The summed E-state index contributed by atoms with van der Waals surface area (Å²) in [6, 6.07) is -0.299. The molecule has 0 aromatic carbocycles. The van der Waals surface area contributed by atoms with Crippen molar-refractivity contribution in [1.29, 1.82) is 0 Å². The number of rotatable bonds is 5. The lowest BCUT2D eigenvalue weighted by molar-refractivity contribution is 0.0304. The Morgan fingerprint density at radius 2 is 2.21 bits per heavy atom. The Hall–Kier alpha value is -2.19. The van der Waals surface area contributed by atoms with Gasteiger partial charge in [0.15, 0.2) is 16.6 Å². The summed E-state index contributed by atoms with van der Waals surface area (Å²) < 4.78 is 19.3. The van der Waals surface area contributed by atoms with Crippen LogP contribution in [0.1, 0.15) is 30.6 Å². The Morgan fingerprint density at radius 3 is 2.92 bits per heavy atom. The number of halogens is 1. The van der Waals surface area contributed by atoms with E-state index < -0.39 is 6.10 Å². The van der Waals surface area contributed by atoms with Crippen molar-refractivity contribution in [2.24, 2.45) is 0 Å². The van der Waals surface area contributed by atoms with E-state index in [2.05, 4.69) is 20.3 Å². The van der Waals surface area contributed by atoms with E-state index in [-0.39, 0.29) is 23.8 Å². The predicted octanol–water partition coefficient (Wildman–Crippen LogP) is 3.29. The Labute approximate surface area is 142 Å². The van der Waals surface area contributed by atoms with Crippen LogP contribution in [-0.4, -0.2) is 39.0 Å². The van der Waals surface area contributed by atoms with Crippen LogP contribution in [0.2, 0.25) is 0 Å². The van der Waals surface area contributed by atoms with E-state index >= 15 is 0 Å². The van der Waals surface area contributed by atoms with Gasteiger partial charge in [0.2, 0.25) is 0 Å². The number of aromatic nitrogens is 3. The number of hydrogen-bond acceptors (Lipinski definition) is 7. The Kier molecular flexibility index (Phi) is 4.68. The lowest BCUT2D eigenvalue weighted by atomic mass is 10.0. The molecule has 6 nitrogen and oxygen atoms in total. The number of anilines is 1. The third kappa shape index (κ3) is 3.49. The van der Waals surface area contributed by atoms with E-state index in [1.54, 1.807) is 6.08 Å². The van der Waals surface area contributed by atoms with E-state index in [4.69, 9.17) is 4.74 Å². The standard InChI is InChI=1S/C16H17FN4O2S/c1-8(2)23-12-6-10(17)4-5-11(12)20-14-13-16(19-7-18-14)24-15(21-13)9(3)22/h4-8,11-12H,1-3H3,(H,18,19,20). The third-order valence-electron chi connectivity index (χ3n) is 3.37. The number of ether oxygens (including phenoxy) is 1. The van der Waals surface area contributed by atoms with Crippen LogP contribution in [0.25, 0.3) is 10.3 Å². The zero-order chi connectivity index (χ0) is 17.3. The van der Waals surface area contributed by atoms with Crippen molar-refractivity contribution in [3.8, 4) is 0 Å². The molecule has 0 fully saturated rings. The lowest BCUT2D eigenvalue weighted by Crippen LogP contribution is -2.36. The summed E-state index contributed by atoms with van der Waals surface area (Å²) in [4.78, 5) is 24.8. The van der Waals surface area contributed by atoms with Gasteiger partial charge in [0, 0.05) is 6.92 Å². The van der Waals surface area contributed by atoms with Crippen LogP contribution in [0, 0.1) is 0 Å². The molecule has 0 saturated heterocycles. The minimum absolute atomic E-state index is 0.0520. The van der Waals surface area contributed by atoms with Crippen molar-refractivity contribution in [2.75, 3.05) is 5.32 Å². The number of nitrogens with one attached hydrogen (secondary N) is 1. The first kappa shape index (κ1) is 16.7. The normalized spacial score (nSPS) is 20.5. The van der Waals surface area contributed by atoms with Gasteiger partial charge >= 0.3 is 0 Å². The number of Topliss-reactive ketones (excluding diaryl/α,β-unsaturated/α-hetero) is 1. The van der Waals surface area contributed by atoms with Crippen LogP contribution in [0.3, 0.4) is 0 Å². The smallest absolute Gasteiger partial charge is 0.188 e. The van der Waals surface area contributed by atoms with Crippen LogP contribution < -0.4 is 5.32 Å². The SMILES string of the molecule is CC(=O)c1nc2c(NC3C=CC(F)=CC3OC(C)C)ncnc2s1. The molecule has 1 aliphatic rings. The van der Waals surface area contributed by atoms with Crippen molar-refractivity contribution in [1.82, 2.24) is 15.0 Å².